The highest BCUT2D eigenvalue weighted by molar-refractivity contribution is 5.85. The van der Waals surface area contributed by atoms with Gasteiger partial charge in [-0.05, 0) is 81.1 Å². The van der Waals surface area contributed by atoms with Gasteiger partial charge in [0.25, 0.3) is 0 Å². The van der Waals surface area contributed by atoms with Gasteiger partial charge in [-0.1, -0.05) is 13.8 Å². The Bertz CT molecular complexity index is 1410. The zero-order chi connectivity index (χ0) is 38.2. The summed E-state index contributed by atoms with van der Waals surface area (Å²) in [5, 5.41) is 64.8. The Morgan fingerprint density at radius 3 is 2.30 bits per heavy atom. The van der Waals surface area contributed by atoms with Crippen LogP contribution in [0.1, 0.15) is 79.1 Å². The molecular weight excluding hydrogens is 696 g/mol. The van der Waals surface area contributed by atoms with Crippen molar-refractivity contribution < 1.29 is 73.4 Å². The first kappa shape index (κ1) is 39.5. The van der Waals surface area contributed by atoms with Crippen LogP contribution in [0.2, 0.25) is 0 Å². The maximum Gasteiger partial charge on any atom is 0.331 e. The fourth-order valence-electron chi connectivity index (χ4n) is 12.0. The van der Waals surface area contributed by atoms with Crippen LogP contribution in [0.4, 0.5) is 0 Å². The number of methoxy groups -OCH3 is 1. The number of hydrogen-bond donors (Lipinski definition) is 6. The van der Waals surface area contributed by atoms with Crippen molar-refractivity contribution in [1.29, 1.82) is 0 Å². The smallest absolute Gasteiger partial charge is 0.331 e. The van der Waals surface area contributed by atoms with Crippen molar-refractivity contribution in [3.8, 4) is 0 Å². The van der Waals surface area contributed by atoms with Crippen molar-refractivity contribution in [3.05, 3.63) is 11.6 Å². The Morgan fingerprint density at radius 2 is 1.64 bits per heavy atom. The lowest BCUT2D eigenvalue weighted by molar-refractivity contribution is -0.363. The third-order valence-corrected chi connectivity index (χ3v) is 14.8. The lowest BCUT2D eigenvalue weighted by Gasteiger charge is -2.65. The van der Waals surface area contributed by atoms with E-state index in [-0.39, 0.29) is 36.2 Å². The van der Waals surface area contributed by atoms with Crippen molar-refractivity contribution in [3.63, 3.8) is 0 Å². The zero-order valence-corrected chi connectivity index (χ0v) is 31.2. The molecule has 2 saturated heterocycles. The number of rotatable bonds is 8. The third-order valence-electron chi connectivity index (χ3n) is 14.8. The number of carbonyl (C=O) groups is 2. The van der Waals surface area contributed by atoms with Crippen molar-refractivity contribution in [2.24, 2.45) is 34.5 Å². The average Bonchev–Trinajstić information content (AvgIpc) is 3.66. The Balaban J connectivity index is 1.06. The molecule has 0 spiro atoms. The van der Waals surface area contributed by atoms with E-state index in [1.54, 1.807) is 13.0 Å². The molecule has 6 N–H and O–H groups in total. The quantitative estimate of drug-likeness (QED) is 0.147. The minimum atomic E-state index is -1.65. The molecule has 0 amide bonds. The van der Waals surface area contributed by atoms with E-state index in [0.717, 1.165) is 37.7 Å². The summed E-state index contributed by atoms with van der Waals surface area (Å²) in [7, 11) is 1.39. The van der Waals surface area contributed by atoms with Crippen LogP contribution in [-0.2, 0) is 42.7 Å². The van der Waals surface area contributed by atoms with Crippen LogP contribution in [-0.4, -0.2) is 142 Å². The Morgan fingerprint density at radius 1 is 0.906 bits per heavy atom. The van der Waals surface area contributed by atoms with Crippen LogP contribution in [0.5, 0.6) is 0 Å². The highest BCUT2D eigenvalue weighted by atomic mass is 16.7. The van der Waals surface area contributed by atoms with Gasteiger partial charge >= 0.3 is 11.9 Å². The minimum absolute atomic E-state index is 0.00547. The van der Waals surface area contributed by atoms with Gasteiger partial charge in [-0.2, -0.15) is 0 Å². The number of ether oxygens (including phenoxy) is 7. The average molecular weight is 755 g/mol. The minimum Gasteiger partial charge on any atom is -0.462 e. The first-order chi connectivity index (χ1) is 25.1. The molecule has 0 aromatic heterocycles. The standard InChI is InChI=1S/C38H58O15/c1-17-32(53-34-30(44)29(43)28(42)25(15-39)52-34)33(47-5)31(45)35(49-17)51-21-13-20-6-7-24-23(37(20,4)26(14-21)50-18(2)40)8-10-36(3)22(9-11-38(24,36)46)19-12-27(41)48-16-19/h12,17,20-26,28-35,39,42-46H,6-11,13-16H2,1-5H3. The second kappa shape index (κ2) is 14.6. The Hall–Kier alpha value is -1.76. The van der Waals surface area contributed by atoms with E-state index in [1.165, 1.54) is 14.0 Å². The molecular formula is C38H58O15. The van der Waals surface area contributed by atoms with Crippen LogP contribution >= 0.6 is 0 Å². The van der Waals surface area contributed by atoms with E-state index in [4.69, 9.17) is 33.2 Å². The van der Waals surface area contributed by atoms with E-state index in [9.17, 15) is 40.2 Å². The van der Waals surface area contributed by atoms with E-state index in [2.05, 4.69) is 13.8 Å². The topological polar surface area (TPSA) is 220 Å². The predicted octanol–water partition coefficient (Wildman–Crippen LogP) is 0.476. The molecule has 4 aliphatic carbocycles. The van der Waals surface area contributed by atoms with Crippen molar-refractivity contribution >= 4 is 11.9 Å². The van der Waals surface area contributed by atoms with Gasteiger partial charge in [0.2, 0.25) is 0 Å². The normalized spacial score (nSPS) is 52.5. The fraction of sp³-hybridized carbons (Fsp3) is 0.895. The van der Waals surface area contributed by atoms with E-state index in [1.807, 2.05) is 0 Å². The Labute approximate surface area is 309 Å². The van der Waals surface area contributed by atoms with Gasteiger partial charge < -0.3 is 63.8 Å². The second-order valence-corrected chi connectivity index (χ2v) is 17.2. The molecule has 7 aliphatic rings. The summed E-state index contributed by atoms with van der Waals surface area (Å²) >= 11 is 0. The number of carbonyl (C=O) groups excluding carboxylic acids is 2. The summed E-state index contributed by atoms with van der Waals surface area (Å²) in [6.07, 6.45) is -6.41. The molecule has 6 fully saturated rings. The van der Waals surface area contributed by atoms with Gasteiger partial charge in [0.1, 0.15) is 55.4 Å². The first-order valence-corrected chi connectivity index (χ1v) is 19.3. The van der Waals surface area contributed by atoms with Crippen LogP contribution in [0.15, 0.2) is 11.6 Å². The summed E-state index contributed by atoms with van der Waals surface area (Å²) in [6, 6.07) is 0. The van der Waals surface area contributed by atoms with Crippen LogP contribution in [0, 0.1) is 34.5 Å². The molecule has 3 aliphatic heterocycles. The van der Waals surface area contributed by atoms with Gasteiger partial charge in [-0.3, -0.25) is 4.79 Å². The van der Waals surface area contributed by atoms with Crippen LogP contribution < -0.4 is 0 Å². The molecule has 3 heterocycles. The lowest BCUT2D eigenvalue weighted by Crippen LogP contribution is -2.66. The largest absolute Gasteiger partial charge is 0.462 e. The third kappa shape index (κ3) is 6.39. The molecule has 0 aromatic carbocycles. The SMILES string of the molecule is COC1C(O)C(OC2CC3CCC4C(CCC5(C)C(C6=CC(=O)OC6)CCC45O)C3(C)C(OC(C)=O)C2)OC(C)C1OC1OC(CO)C(O)C(O)C1O. The van der Waals surface area contributed by atoms with Crippen molar-refractivity contribution in [1.82, 2.24) is 0 Å². The van der Waals surface area contributed by atoms with Crippen molar-refractivity contribution in [2.75, 3.05) is 20.3 Å². The van der Waals surface area contributed by atoms with Gasteiger partial charge in [0.05, 0.1) is 24.4 Å². The predicted molar refractivity (Wildman–Crippen MR) is 181 cm³/mol. The molecule has 19 unspecified atom stereocenters. The van der Waals surface area contributed by atoms with Crippen LogP contribution in [0.25, 0.3) is 0 Å². The van der Waals surface area contributed by atoms with E-state index < -0.39 is 103 Å². The maximum absolute atomic E-state index is 12.7. The molecule has 0 bridgehead atoms. The summed E-state index contributed by atoms with van der Waals surface area (Å²) in [5.41, 5.74) is -0.795. The number of fused-ring (bicyclic) bond motifs is 5. The summed E-state index contributed by atoms with van der Waals surface area (Å²) in [4.78, 5) is 24.6. The molecule has 0 radical (unpaired) electrons. The fourth-order valence-corrected chi connectivity index (χ4v) is 12.0. The summed E-state index contributed by atoms with van der Waals surface area (Å²) in [6.45, 7) is 7.14. The van der Waals surface area contributed by atoms with Gasteiger partial charge in [-0.15, -0.1) is 0 Å². The first-order valence-electron chi connectivity index (χ1n) is 19.3. The summed E-state index contributed by atoms with van der Waals surface area (Å²) in [5.74, 6) is -0.460. The molecule has 53 heavy (non-hydrogen) atoms. The molecule has 19 atom stereocenters. The van der Waals surface area contributed by atoms with Gasteiger partial charge in [-0.25, -0.2) is 4.79 Å². The lowest BCUT2D eigenvalue weighted by atomic mass is 9.42. The van der Waals surface area contributed by atoms with E-state index in [0.29, 0.717) is 19.3 Å². The number of aliphatic hydroxyl groups excluding tert-OH is 5. The second-order valence-electron chi connectivity index (χ2n) is 17.2. The molecule has 15 nitrogen and oxygen atoms in total. The van der Waals surface area contributed by atoms with Crippen molar-refractivity contribution in [2.45, 2.75) is 158 Å². The van der Waals surface area contributed by atoms with Gasteiger partial charge in [0.15, 0.2) is 12.6 Å². The zero-order valence-electron chi connectivity index (χ0n) is 31.2. The molecule has 300 valence electrons. The van der Waals surface area contributed by atoms with Gasteiger partial charge in [0, 0.05) is 37.4 Å². The highest BCUT2D eigenvalue weighted by Gasteiger charge is 2.69. The van der Waals surface area contributed by atoms with Crippen LogP contribution in [0.3, 0.4) is 0 Å². The Kier molecular flexibility index (Phi) is 10.9. The summed E-state index contributed by atoms with van der Waals surface area (Å²) < 4.78 is 41.3. The number of esters is 2. The number of aliphatic hydroxyl groups is 6. The number of cyclic esters (lactones) is 1. The molecule has 7 rings (SSSR count). The van der Waals surface area contributed by atoms with E-state index >= 15 is 0 Å². The monoisotopic (exact) mass is 754 g/mol. The molecule has 4 saturated carbocycles. The highest BCUT2D eigenvalue weighted by Crippen LogP contribution is 2.70. The number of hydrogen-bond acceptors (Lipinski definition) is 15. The molecule has 0 aromatic rings. The molecule has 15 heteroatoms. The maximum atomic E-state index is 12.7.